The summed E-state index contributed by atoms with van der Waals surface area (Å²) < 4.78 is 32.4. The highest BCUT2D eigenvalue weighted by atomic mass is 32.2. The smallest absolute Gasteiger partial charge is 0.243 e. The number of methoxy groups -OCH3 is 1. The van der Waals surface area contributed by atoms with Crippen LogP contribution in [0.2, 0.25) is 0 Å². The van der Waals surface area contributed by atoms with Crippen molar-refractivity contribution in [3.8, 4) is 5.75 Å². The summed E-state index contributed by atoms with van der Waals surface area (Å²) in [5, 5.41) is 2.60. The number of hydrogen-bond acceptors (Lipinski definition) is 4. The molecule has 0 saturated heterocycles. The van der Waals surface area contributed by atoms with Crippen LogP contribution < -0.4 is 10.1 Å². The Kier molecular flexibility index (Phi) is 6.52. The summed E-state index contributed by atoms with van der Waals surface area (Å²) in [5.41, 5.74) is 2.45. The van der Waals surface area contributed by atoms with Gasteiger partial charge in [-0.1, -0.05) is 45.0 Å². The molecule has 2 rings (SSSR count). The second-order valence-electron chi connectivity index (χ2n) is 7.75. The maximum absolute atomic E-state index is 13.0. The standard InChI is InChI=1S/C21H28N2O4S/c1-15(24)22-19-13-18(11-12-20(19)27-6)28(25,26)23(5)14-16-7-9-17(10-8-16)21(2,3)4/h7-13H,14H2,1-6H3,(H,22,24). The Bertz CT molecular complexity index is 945. The molecule has 2 aromatic carbocycles. The molecule has 0 aromatic heterocycles. The summed E-state index contributed by atoms with van der Waals surface area (Å²) in [7, 11) is -0.735. The normalized spacial score (nSPS) is 12.1. The van der Waals surface area contributed by atoms with Crippen LogP contribution in [0.15, 0.2) is 47.4 Å². The van der Waals surface area contributed by atoms with E-state index in [0.29, 0.717) is 11.4 Å². The van der Waals surface area contributed by atoms with Crippen molar-refractivity contribution in [1.29, 1.82) is 0 Å². The number of nitrogens with zero attached hydrogens (tertiary/aromatic N) is 1. The number of hydrogen-bond donors (Lipinski definition) is 1. The summed E-state index contributed by atoms with van der Waals surface area (Å²) in [6.45, 7) is 8.00. The molecule has 1 amide bonds. The van der Waals surface area contributed by atoms with Crippen molar-refractivity contribution >= 4 is 21.6 Å². The fraction of sp³-hybridized carbons (Fsp3) is 0.381. The van der Waals surface area contributed by atoms with Crippen molar-refractivity contribution < 1.29 is 17.9 Å². The van der Waals surface area contributed by atoms with Gasteiger partial charge in [0, 0.05) is 20.5 Å². The monoisotopic (exact) mass is 404 g/mol. The Morgan fingerprint density at radius 1 is 1.11 bits per heavy atom. The van der Waals surface area contributed by atoms with Gasteiger partial charge in [0.05, 0.1) is 17.7 Å². The first-order valence-electron chi connectivity index (χ1n) is 8.96. The molecular weight excluding hydrogens is 376 g/mol. The topological polar surface area (TPSA) is 75.7 Å². The molecule has 6 nitrogen and oxygen atoms in total. The summed E-state index contributed by atoms with van der Waals surface area (Å²) in [6.07, 6.45) is 0. The van der Waals surface area contributed by atoms with Crippen LogP contribution in [-0.4, -0.2) is 32.8 Å². The van der Waals surface area contributed by atoms with Gasteiger partial charge in [-0.3, -0.25) is 4.79 Å². The average Bonchev–Trinajstić information content (AvgIpc) is 2.60. The van der Waals surface area contributed by atoms with Gasteiger partial charge >= 0.3 is 0 Å². The molecule has 0 bridgehead atoms. The molecule has 1 N–H and O–H groups in total. The number of ether oxygens (including phenoxy) is 1. The number of anilines is 1. The Morgan fingerprint density at radius 3 is 2.21 bits per heavy atom. The van der Waals surface area contributed by atoms with E-state index in [1.807, 2.05) is 24.3 Å². The van der Waals surface area contributed by atoms with Crippen molar-refractivity contribution in [3.05, 3.63) is 53.6 Å². The Balaban J connectivity index is 2.27. The fourth-order valence-corrected chi connectivity index (χ4v) is 3.95. The third kappa shape index (κ3) is 5.11. The lowest BCUT2D eigenvalue weighted by Crippen LogP contribution is -2.26. The van der Waals surface area contributed by atoms with Gasteiger partial charge in [-0.05, 0) is 34.7 Å². The van der Waals surface area contributed by atoms with Crippen LogP contribution in [0.1, 0.15) is 38.8 Å². The van der Waals surface area contributed by atoms with E-state index in [1.54, 1.807) is 0 Å². The lowest BCUT2D eigenvalue weighted by atomic mass is 9.87. The minimum atomic E-state index is -3.73. The zero-order valence-electron chi connectivity index (χ0n) is 17.2. The highest BCUT2D eigenvalue weighted by Gasteiger charge is 2.23. The number of benzene rings is 2. The average molecular weight is 405 g/mol. The third-order valence-corrected chi connectivity index (χ3v) is 6.21. The largest absolute Gasteiger partial charge is 0.495 e. The van der Waals surface area contributed by atoms with Crippen molar-refractivity contribution in [2.45, 2.75) is 44.6 Å². The molecule has 0 aliphatic rings. The van der Waals surface area contributed by atoms with Gasteiger partial charge in [0.25, 0.3) is 0 Å². The summed E-state index contributed by atoms with van der Waals surface area (Å²) in [6, 6.07) is 12.4. The molecule has 0 atom stereocenters. The fourth-order valence-electron chi connectivity index (χ4n) is 2.77. The quantitative estimate of drug-likeness (QED) is 0.795. The third-order valence-electron chi connectivity index (χ3n) is 4.42. The minimum Gasteiger partial charge on any atom is -0.495 e. The predicted molar refractivity (Wildman–Crippen MR) is 111 cm³/mol. The number of rotatable bonds is 6. The first-order valence-corrected chi connectivity index (χ1v) is 10.4. The SMILES string of the molecule is COc1ccc(S(=O)(=O)N(C)Cc2ccc(C(C)(C)C)cc2)cc1NC(C)=O. The van der Waals surface area contributed by atoms with Gasteiger partial charge in [-0.15, -0.1) is 0 Å². The summed E-state index contributed by atoms with van der Waals surface area (Å²) in [4.78, 5) is 11.5. The molecule has 0 heterocycles. The molecule has 0 fully saturated rings. The molecule has 0 spiro atoms. The van der Waals surface area contributed by atoms with E-state index in [1.165, 1.54) is 49.1 Å². The molecule has 0 unspecified atom stereocenters. The lowest BCUT2D eigenvalue weighted by Gasteiger charge is -2.21. The molecule has 0 aliphatic heterocycles. The Labute approximate surface area is 167 Å². The maximum atomic E-state index is 13.0. The summed E-state index contributed by atoms with van der Waals surface area (Å²) in [5.74, 6) is 0.0923. The van der Waals surface area contributed by atoms with E-state index in [-0.39, 0.29) is 22.8 Å². The van der Waals surface area contributed by atoms with E-state index < -0.39 is 10.0 Å². The van der Waals surface area contributed by atoms with Gasteiger partial charge in [-0.2, -0.15) is 4.31 Å². The second kappa shape index (κ2) is 8.32. The van der Waals surface area contributed by atoms with Crippen LogP contribution in [0.4, 0.5) is 5.69 Å². The zero-order valence-corrected chi connectivity index (χ0v) is 18.1. The van der Waals surface area contributed by atoms with Gasteiger partial charge < -0.3 is 10.1 Å². The minimum absolute atomic E-state index is 0.0414. The van der Waals surface area contributed by atoms with Crippen LogP contribution in [0.3, 0.4) is 0 Å². The van der Waals surface area contributed by atoms with Gasteiger partial charge in [0.1, 0.15) is 5.75 Å². The number of nitrogens with one attached hydrogen (secondary N) is 1. The number of sulfonamides is 1. The van der Waals surface area contributed by atoms with Crippen LogP contribution in [0, 0.1) is 0 Å². The van der Waals surface area contributed by atoms with Crippen LogP contribution in [0.5, 0.6) is 5.75 Å². The first kappa shape index (κ1) is 21.9. The molecule has 28 heavy (non-hydrogen) atoms. The van der Waals surface area contributed by atoms with Crippen molar-refractivity contribution in [2.75, 3.05) is 19.5 Å². The number of carbonyl (C=O) groups is 1. The van der Waals surface area contributed by atoms with Gasteiger partial charge in [-0.25, -0.2) is 8.42 Å². The molecule has 0 radical (unpaired) electrons. The van der Waals surface area contributed by atoms with Crippen molar-refractivity contribution in [3.63, 3.8) is 0 Å². The Morgan fingerprint density at radius 2 is 1.71 bits per heavy atom. The van der Waals surface area contributed by atoms with E-state index in [2.05, 4.69) is 26.1 Å². The zero-order chi connectivity index (χ0) is 21.1. The van der Waals surface area contributed by atoms with E-state index in [4.69, 9.17) is 4.74 Å². The first-order chi connectivity index (χ1) is 12.9. The number of amides is 1. The van der Waals surface area contributed by atoms with Crippen LogP contribution in [0.25, 0.3) is 0 Å². The summed E-state index contributed by atoms with van der Waals surface area (Å²) >= 11 is 0. The van der Waals surface area contributed by atoms with Crippen molar-refractivity contribution in [1.82, 2.24) is 4.31 Å². The van der Waals surface area contributed by atoms with E-state index in [9.17, 15) is 13.2 Å². The number of carbonyl (C=O) groups excluding carboxylic acids is 1. The molecule has 7 heteroatoms. The highest BCUT2D eigenvalue weighted by Crippen LogP contribution is 2.29. The van der Waals surface area contributed by atoms with Gasteiger partial charge in [0.2, 0.25) is 15.9 Å². The molecule has 0 aliphatic carbocycles. The Hall–Kier alpha value is -2.38. The van der Waals surface area contributed by atoms with Crippen LogP contribution >= 0.6 is 0 Å². The highest BCUT2D eigenvalue weighted by molar-refractivity contribution is 7.89. The van der Waals surface area contributed by atoms with E-state index in [0.717, 1.165) is 5.56 Å². The predicted octanol–water partition coefficient (Wildman–Crippen LogP) is 3.77. The van der Waals surface area contributed by atoms with E-state index >= 15 is 0 Å². The van der Waals surface area contributed by atoms with Crippen molar-refractivity contribution in [2.24, 2.45) is 0 Å². The molecule has 152 valence electrons. The van der Waals surface area contributed by atoms with Crippen LogP contribution in [-0.2, 0) is 26.8 Å². The lowest BCUT2D eigenvalue weighted by molar-refractivity contribution is -0.114. The second-order valence-corrected chi connectivity index (χ2v) is 9.80. The molecule has 2 aromatic rings. The molecule has 0 saturated carbocycles. The molecular formula is C21H28N2O4S. The van der Waals surface area contributed by atoms with Gasteiger partial charge in [0.15, 0.2) is 0 Å². The maximum Gasteiger partial charge on any atom is 0.243 e.